The number of carbonyl (C=O) groups is 1. The molecule has 1 saturated carbocycles. The molecular weight excluding hydrogens is 196 g/mol. The molecule has 14 heavy (non-hydrogen) atoms. The molecule has 0 saturated heterocycles. The average molecular weight is 208 g/mol. The fraction of sp³-hybridized carbons (Fsp3) is 0.545. The summed E-state index contributed by atoms with van der Waals surface area (Å²) >= 11 is 1.51. The van der Waals surface area contributed by atoms with Crippen LogP contribution >= 0.6 is 11.3 Å². The smallest absolute Gasteiger partial charge is 0.345 e. The Bertz CT molecular complexity index is 366. The Labute approximate surface area is 86.6 Å². The van der Waals surface area contributed by atoms with E-state index in [2.05, 4.69) is 0 Å². The summed E-state index contributed by atoms with van der Waals surface area (Å²) in [6.07, 6.45) is 5.13. The molecule has 1 aromatic rings. The van der Waals surface area contributed by atoms with Crippen LogP contribution in [0.15, 0.2) is 6.07 Å². The number of carboxylic acid groups (broad SMARTS) is 1. The van der Waals surface area contributed by atoms with E-state index in [0.29, 0.717) is 16.7 Å². The Kier molecular flexibility index (Phi) is 1.71. The average Bonchev–Trinajstić information content (AvgIpc) is 2.69. The van der Waals surface area contributed by atoms with Gasteiger partial charge in [-0.2, -0.15) is 0 Å². The SMILES string of the molecule is O=C(O)c1cc2c(s1)[C@H]1CCC[C@@H]2C1. The van der Waals surface area contributed by atoms with Gasteiger partial charge in [0.05, 0.1) is 0 Å². The molecule has 74 valence electrons. The predicted octanol–water partition coefficient (Wildman–Crippen LogP) is 3.20. The first-order valence-corrected chi connectivity index (χ1v) is 5.94. The van der Waals surface area contributed by atoms with Crippen molar-refractivity contribution in [3.63, 3.8) is 0 Å². The Morgan fingerprint density at radius 1 is 1.43 bits per heavy atom. The van der Waals surface area contributed by atoms with Crippen molar-refractivity contribution in [2.75, 3.05) is 0 Å². The number of rotatable bonds is 1. The van der Waals surface area contributed by atoms with Crippen molar-refractivity contribution >= 4 is 17.3 Å². The van der Waals surface area contributed by atoms with Gasteiger partial charge in [0.25, 0.3) is 0 Å². The van der Waals surface area contributed by atoms with E-state index in [4.69, 9.17) is 5.11 Å². The van der Waals surface area contributed by atoms with E-state index in [0.717, 1.165) is 0 Å². The first-order valence-electron chi connectivity index (χ1n) is 5.12. The number of aromatic carboxylic acids is 1. The highest BCUT2D eigenvalue weighted by Gasteiger charge is 2.36. The van der Waals surface area contributed by atoms with Crippen LogP contribution in [0.3, 0.4) is 0 Å². The summed E-state index contributed by atoms with van der Waals surface area (Å²) in [4.78, 5) is 12.8. The Morgan fingerprint density at radius 2 is 2.21 bits per heavy atom. The maximum atomic E-state index is 10.8. The lowest BCUT2D eigenvalue weighted by Gasteiger charge is -2.18. The van der Waals surface area contributed by atoms with Gasteiger partial charge >= 0.3 is 5.97 Å². The molecule has 2 atom stereocenters. The standard InChI is InChI=1S/C11H12O2S/c12-11(13)9-5-8-6-2-1-3-7(4-6)10(8)14-9/h5-7H,1-4H2,(H,12,13)/t6-,7+/m1/s1. The van der Waals surface area contributed by atoms with Gasteiger partial charge in [0.15, 0.2) is 0 Å². The predicted molar refractivity (Wildman–Crippen MR) is 55.2 cm³/mol. The zero-order chi connectivity index (χ0) is 9.71. The van der Waals surface area contributed by atoms with Gasteiger partial charge in [0, 0.05) is 4.88 Å². The quantitative estimate of drug-likeness (QED) is 0.769. The molecule has 2 aliphatic carbocycles. The third-order valence-electron chi connectivity index (χ3n) is 3.49. The van der Waals surface area contributed by atoms with Crippen molar-refractivity contribution in [3.05, 3.63) is 21.4 Å². The number of hydrogen-bond donors (Lipinski definition) is 1. The van der Waals surface area contributed by atoms with Gasteiger partial charge in [-0.05, 0) is 42.7 Å². The zero-order valence-electron chi connectivity index (χ0n) is 7.82. The van der Waals surface area contributed by atoms with Crippen molar-refractivity contribution in [1.82, 2.24) is 0 Å². The van der Waals surface area contributed by atoms with Crippen LogP contribution in [0, 0.1) is 0 Å². The van der Waals surface area contributed by atoms with Crippen LogP contribution in [0.5, 0.6) is 0 Å². The molecule has 0 aromatic carbocycles. The summed E-state index contributed by atoms with van der Waals surface area (Å²) < 4.78 is 0. The molecule has 1 aromatic heterocycles. The highest BCUT2D eigenvalue weighted by atomic mass is 32.1. The number of carboxylic acids is 1. The highest BCUT2D eigenvalue weighted by Crippen LogP contribution is 2.53. The zero-order valence-corrected chi connectivity index (χ0v) is 8.64. The molecule has 2 aliphatic rings. The lowest BCUT2D eigenvalue weighted by atomic mass is 9.87. The van der Waals surface area contributed by atoms with Gasteiger partial charge < -0.3 is 5.11 Å². The maximum Gasteiger partial charge on any atom is 0.345 e. The number of hydrogen-bond acceptors (Lipinski definition) is 2. The molecular formula is C11H12O2S. The van der Waals surface area contributed by atoms with E-state index in [1.54, 1.807) is 0 Å². The van der Waals surface area contributed by atoms with Crippen LogP contribution in [0.4, 0.5) is 0 Å². The van der Waals surface area contributed by atoms with Crippen LogP contribution in [0.25, 0.3) is 0 Å². The van der Waals surface area contributed by atoms with Gasteiger partial charge in [-0.15, -0.1) is 11.3 Å². The van der Waals surface area contributed by atoms with E-state index >= 15 is 0 Å². The molecule has 1 N–H and O–H groups in total. The summed E-state index contributed by atoms with van der Waals surface area (Å²) in [5.41, 5.74) is 1.36. The molecule has 0 unspecified atom stereocenters. The third kappa shape index (κ3) is 1.05. The van der Waals surface area contributed by atoms with Crippen LogP contribution < -0.4 is 0 Å². The van der Waals surface area contributed by atoms with E-state index < -0.39 is 5.97 Å². The molecule has 0 amide bonds. The summed E-state index contributed by atoms with van der Waals surface area (Å²) in [6, 6.07) is 1.92. The topological polar surface area (TPSA) is 37.3 Å². The second kappa shape index (κ2) is 2.83. The van der Waals surface area contributed by atoms with Crippen LogP contribution in [0.2, 0.25) is 0 Å². The van der Waals surface area contributed by atoms with Crippen molar-refractivity contribution in [2.24, 2.45) is 0 Å². The highest BCUT2D eigenvalue weighted by molar-refractivity contribution is 7.14. The van der Waals surface area contributed by atoms with Crippen LogP contribution in [-0.2, 0) is 0 Å². The molecule has 2 nitrogen and oxygen atoms in total. The first kappa shape index (κ1) is 8.48. The monoisotopic (exact) mass is 208 g/mol. The van der Waals surface area contributed by atoms with Gasteiger partial charge in [0.1, 0.15) is 4.88 Å². The summed E-state index contributed by atoms with van der Waals surface area (Å²) in [5, 5.41) is 8.92. The van der Waals surface area contributed by atoms with E-state index in [1.165, 1.54) is 47.5 Å². The lowest BCUT2D eigenvalue weighted by Crippen LogP contribution is -2.02. The van der Waals surface area contributed by atoms with E-state index in [9.17, 15) is 4.79 Å². The van der Waals surface area contributed by atoms with Gasteiger partial charge in [-0.25, -0.2) is 4.79 Å². The fourth-order valence-electron chi connectivity index (χ4n) is 2.87. The molecule has 0 aliphatic heterocycles. The van der Waals surface area contributed by atoms with E-state index in [1.807, 2.05) is 6.07 Å². The number of fused-ring (bicyclic) bond motifs is 5. The van der Waals surface area contributed by atoms with E-state index in [-0.39, 0.29) is 0 Å². The largest absolute Gasteiger partial charge is 0.477 e. The molecule has 1 heterocycles. The molecule has 3 heteroatoms. The minimum absolute atomic E-state index is 0.534. The second-order valence-electron chi connectivity index (χ2n) is 4.30. The molecule has 1 fully saturated rings. The molecule has 0 spiro atoms. The second-order valence-corrected chi connectivity index (χ2v) is 5.38. The summed E-state index contributed by atoms with van der Waals surface area (Å²) in [6.45, 7) is 0. The first-order chi connectivity index (χ1) is 6.75. The molecule has 3 rings (SSSR count). The van der Waals surface area contributed by atoms with Gasteiger partial charge in [0.2, 0.25) is 0 Å². The molecule has 2 bridgehead atoms. The lowest BCUT2D eigenvalue weighted by molar-refractivity contribution is 0.0702. The number of thiophene rings is 1. The molecule has 0 radical (unpaired) electrons. The Morgan fingerprint density at radius 3 is 3.00 bits per heavy atom. The summed E-state index contributed by atoms with van der Waals surface area (Å²) in [5.74, 6) is 0.595. The normalized spacial score (nSPS) is 28.9. The van der Waals surface area contributed by atoms with Crippen LogP contribution in [-0.4, -0.2) is 11.1 Å². The Hall–Kier alpha value is -0.830. The van der Waals surface area contributed by atoms with Crippen molar-refractivity contribution in [1.29, 1.82) is 0 Å². The third-order valence-corrected chi connectivity index (χ3v) is 4.79. The van der Waals surface area contributed by atoms with Gasteiger partial charge in [-0.1, -0.05) is 6.42 Å². The Balaban J connectivity index is 2.07. The van der Waals surface area contributed by atoms with Crippen molar-refractivity contribution in [2.45, 2.75) is 37.5 Å². The van der Waals surface area contributed by atoms with Crippen molar-refractivity contribution in [3.8, 4) is 0 Å². The minimum Gasteiger partial charge on any atom is -0.477 e. The maximum absolute atomic E-state index is 10.8. The summed E-state index contributed by atoms with van der Waals surface area (Å²) in [7, 11) is 0. The van der Waals surface area contributed by atoms with Gasteiger partial charge in [-0.3, -0.25) is 0 Å². The van der Waals surface area contributed by atoms with Crippen LogP contribution in [0.1, 0.15) is 57.6 Å². The fourth-order valence-corrected chi connectivity index (χ4v) is 4.11. The van der Waals surface area contributed by atoms with Crippen molar-refractivity contribution < 1.29 is 9.90 Å². The minimum atomic E-state index is -0.762.